The van der Waals surface area contributed by atoms with E-state index in [1.54, 1.807) is 6.92 Å². The molecule has 0 heterocycles. The topological polar surface area (TPSA) is 43.4 Å². The lowest BCUT2D eigenvalue weighted by Crippen LogP contribution is -2.55. The maximum atomic E-state index is 12.3. The predicted octanol–water partition coefficient (Wildman–Crippen LogP) is 4.78. The molecule has 0 aliphatic heterocycles. The Labute approximate surface area is 152 Å². The molecular weight excluding hydrogens is 312 g/mol. The van der Waals surface area contributed by atoms with Gasteiger partial charge in [0.15, 0.2) is 0 Å². The van der Waals surface area contributed by atoms with Gasteiger partial charge in [0, 0.05) is 24.7 Å². The van der Waals surface area contributed by atoms with Crippen LogP contribution in [0.1, 0.15) is 79.1 Å². The minimum absolute atomic E-state index is 0.119. The highest BCUT2D eigenvalue weighted by Gasteiger charge is 2.61. The maximum Gasteiger partial charge on any atom is 0.302 e. The van der Waals surface area contributed by atoms with Gasteiger partial charge in [0.1, 0.15) is 11.9 Å². The van der Waals surface area contributed by atoms with E-state index in [-0.39, 0.29) is 23.4 Å². The predicted molar refractivity (Wildman–Crippen MR) is 96.8 cm³/mol. The summed E-state index contributed by atoms with van der Waals surface area (Å²) in [5.74, 6) is 3.44. The molecule has 0 amide bonds. The van der Waals surface area contributed by atoms with E-state index < -0.39 is 0 Å². The van der Waals surface area contributed by atoms with Gasteiger partial charge in [-0.05, 0) is 74.0 Å². The van der Waals surface area contributed by atoms with Gasteiger partial charge in [-0.3, -0.25) is 9.59 Å². The standard InChI is InChI=1S/C22H34O3/c1-13-12-22(4)15(11-19(13)24)5-6-16-17-7-8-20(25-14(2)23)21(17,3)10-9-18(16)22/h13,15-18,20H,5-12H2,1-4H3/t13-,15+,16-,17+,18+,20-,21-,22-/m0/s1. The summed E-state index contributed by atoms with van der Waals surface area (Å²) in [7, 11) is 0. The fraction of sp³-hybridized carbons (Fsp3) is 0.909. The van der Waals surface area contributed by atoms with E-state index >= 15 is 0 Å². The lowest BCUT2D eigenvalue weighted by molar-refractivity contribution is -0.163. The van der Waals surface area contributed by atoms with E-state index in [4.69, 9.17) is 4.74 Å². The molecule has 4 saturated carbocycles. The highest BCUT2D eigenvalue weighted by Crippen LogP contribution is 2.66. The first-order valence-corrected chi connectivity index (χ1v) is 10.5. The molecule has 4 aliphatic carbocycles. The lowest BCUT2D eigenvalue weighted by Gasteiger charge is -2.60. The van der Waals surface area contributed by atoms with Crippen LogP contribution in [0.5, 0.6) is 0 Å². The molecule has 4 rings (SSSR count). The number of carbonyl (C=O) groups excluding carboxylic acids is 2. The Morgan fingerprint density at radius 1 is 1.04 bits per heavy atom. The van der Waals surface area contributed by atoms with Gasteiger partial charge in [0.2, 0.25) is 0 Å². The number of hydrogen-bond acceptors (Lipinski definition) is 3. The Morgan fingerprint density at radius 2 is 1.76 bits per heavy atom. The van der Waals surface area contributed by atoms with Crippen LogP contribution in [0.25, 0.3) is 0 Å². The first-order chi connectivity index (χ1) is 11.8. The largest absolute Gasteiger partial charge is 0.462 e. The van der Waals surface area contributed by atoms with Gasteiger partial charge < -0.3 is 4.74 Å². The summed E-state index contributed by atoms with van der Waals surface area (Å²) in [6.07, 6.45) is 9.22. The number of hydrogen-bond donors (Lipinski definition) is 0. The molecule has 4 fully saturated rings. The van der Waals surface area contributed by atoms with Crippen molar-refractivity contribution in [2.75, 3.05) is 0 Å². The van der Waals surface area contributed by atoms with Crippen LogP contribution < -0.4 is 0 Å². The molecule has 0 aromatic rings. The molecule has 0 bridgehead atoms. The van der Waals surface area contributed by atoms with Crippen molar-refractivity contribution in [3.8, 4) is 0 Å². The van der Waals surface area contributed by atoms with Crippen LogP contribution in [0.2, 0.25) is 0 Å². The molecule has 8 atom stereocenters. The van der Waals surface area contributed by atoms with Crippen molar-refractivity contribution in [2.45, 2.75) is 85.2 Å². The van der Waals surface area contributed by atoms with Crippen molar-refractivity contribution in [3.05, 3.63) is 0 Å². The number of ether oxygens (including phenoxy) is 1. The van der Waals surface area contributed by atoms with E-state index in [0.29, 0.717) is 23.0 Å². The Bertz CT molecular complexity index is 584. The van der Waals surface area contributed by atoms with Crippen molar-refractivity contribution in [2.24, 2.45) is 40.4 Å². The maximum absolute atomic E-state index is 12.3. The van der Waals surface area contributed by atoms with Gasteiger partial charge in [-0.25, -0.2) is 0 Å². The molecule has 0 aromatic heterocycles. The molecule has 0 saturated heterocycles. The zero-order chi connectivity index (χ0) is 18.0. The molecule has 0 spiro atoms. The SMILES string of the molecule is CC(=O)O[C@H]1CC[C@@H]2[C@@H]3CC[C@@H]4CC(=O)[C@@H](C)C[C@]4(C)[C@@H]3CC[C@]12C. The van der Waals surface area contributed by atoms with Crippen LogP contribution in [0, 0.1) is 40.4 Å². The summed E-state index contributed by atoms with van der Waals surface area (Å²) in [4.78, 5) is 23.8. The second-order valence-electron chi connectivity index (χ2n) is 10.2. The fourth-order valence-electron chi connectivity index (χ4n) is 7.75. The summed E-state index contributed by atoms with van der Waals surface area (Å²) in [5, 5.41) is 0. The van der Waals surface area contributed by atoms with E-state index in [2.05, 4.69) is 20.8 Å². The molecule has 0 unspecified atom stereocenters. The van der Waals surface area contributed by atoms with Crippen LogP contribution >= 0.6 is 0 Å². The third kappa shape index (κ3) is 2.51. The summed E-state index contributed by atoms with van der Waals surface area (Å²) >= 11 is 0. The van der Waals surface area contributed by atoms with Crippen LogP contribution in [0.4, 0.5) is 0 Å². The molecule has 25 heavy (non-hydrogen) atoms. The van der Waals surface area contributed by atoms with Gasteiger partial charge >= 0.3 is 5.97 Å². The van der Waals surface area contributed by atoms with Gasteiger partial charge in [-0.15, -0.1) is 0 Å². The fourth-order valence-corrected chi connectivity index (χ4v) is 7.75. The highest BCUT2D eigenvalue weighted by atomic mass is 16.5. The second-order valence-corrected chi connectivity index (χ2v) is 10.2. The van der Waals surface area contributed by atoms with Crippen LogP contribution in [0.3, 0.4) is 0 Å². The van der Waals surface area contributed by atoms with Crippen LogP contribution in [-0.4, -0.2) is 17.9 Å². The molecule has 0 radical (unpaired) electrons. The average molecular weight is 347 g/mol. The zero-order valence-corrected chi connectivity index (χ0v) is 16.3. The quantitative estimate of drug-likeness (QED) is 0.642. The minimum Gasteiger partial charge on any atom is -0.462 e. The molecule has 3 heteroatoms. The molecule has 140 valence electrons. The summed E-state index contributed by atoms with van der Waals surface area (Å²) in [6.45, 7) is 8.58. The van der Waals surface area contributed by atoms with E-state index in [1.165, 1.54) is 32.1 Å². The lowest BCUT2D eigenvalue weighted by atomic mass is 9.44. The van der Waals surface area contributed by atoms with Crippen LogP contribution in [-0.2, 0) is 14.3 Å². The second kappa shape index (κ2) is 5.82. The average Bonchev–Trinajstić information content (AvgIpc) is 2.85. The van der Waals surface area contributed by atoms with Crippen molar-refractivity contribution >= 4 is 11.8 Å². The number of esters is 1. The molecular formula is C22H34O3. The van der Waals surface area contributed by atoms with Gasteiger partial charge in [-0.2, -0.15) is 0 Å². The van der Waals surface area contributed by atoms with E-state index in [1.807, 2.05) is 0 Å². The monoisotopic (exact) mass is 346 g/mol. The van der Waals surface area contributed by atoms with Crippen molar-refractivity contribution in [3.63, 3.8) is 0 Å². The Balaban J connectivity index is 1.59. The molecule has 0 aromatic carbocycles. The summed E-state index contributed by atoms with van der Waals surface area (Å²) in [6, 6.07) is 0. The number of ketones is 1. The zero-order valence-electron chi connectivity index (χ0n) is 16.3. The van der Waals surface area contributed by atoms with E-state index in [0.717, 1.165) is 31.1 Å². The molecule has 4 aliphatic rings. The third-order valence-electron chi connectivity index (χ3n) is 9.03. The highest BCUT2D eigenvalue weighted by molar-refractivity contribution is 5.82. The van der Waals surface area contributed by atoms with Gasteiger partial charge in [0.05, 0.1) is 0 Å². The Hall–Kier alpha value is -0.860. The number of rotatable bonds is 1. The number of Topliss-reactive ketones (excluding diaryl/α,β-unsaturated/α-hetero) is 1. The Kier molecular flexibility index (Phi) is 4.09. The van der Waals surface area contributed by atoms with E-state index in [9.17, 15) is 9.59 Å². The van der Waals surface area contributed by atoms with Crippen LogP contribution in [0.15, 0.2) is 0 Å². The Morgan fingerprint density at radius 3 is 2.48 bits per heavy atom. The third-order valence-corrected chi connectivity index (χ3v) is 9.03. The first-order valence-electron chi connectivity index (χ1n) is 10.5. The smallest absolute Gasteiger partial charge is 0.302 e. The van der Waals surface area contributed by atoms with Gasteiger partial charge in [0.25, 0.3) is 0 Å². The normalized spacial score (nSPS) is 52.1. The molecule has 0 N–H and O–H groups in total. The first kappa shape index (κ1) is 17.5. The summed E-state index contributed by atoms with van der Waals surface area (Å²) < 4.78 is 5.74. The van der Waals surface area contributed by atoms with Crippen molar-refractivity contribution in [1.29, 1.82) is 0 Å². The molecule has 3 nitrogen and oxygen atoms in total. The number of fused-ring (bicyclic) bond motifs is 5. The number of carbonyl (C=O) groups is 2. The van der Waals surface area contributed by atoms with Gasteiger partial charge in [-0.1, -0.05) is 20.8 Å². The minimum atomic E-state index is -0.121. The summed E-state index contributed by atoms with van der Waals surface area (Å²) in [5.41, 5.74) is 0.517. The van der Waals surface area contributed by atoms with Crippen molar-refractivity contribution < 1.29 is 14.3 Å². The van der Waals surface area contributed by atoms with Crippen molar-refractivity contribution in [1.82, 2.24) is 0 Å².